The van der Waals surface area contributed by atoms with Crippen molar-refractivity contribution >= 4 is 17.4 Å². The van der Waals surface area contributed by atoms with Gasteiger partial charge in [0.1, 0.15) is 0 Å². The van der Waals surface area contributed by atoms with Crippen LogP contribution >= 0.6 is 0 Å². The first-order chi connectivity index (χ1) is 13.9. The highest BCUT2D eigenvalue weighted by molar-refractivity contribution is 6.10. The number of rotatable bonds is 5. The molecule has 0 saturated carbocycles. The Morgan fingerprint density at radius 3 is 2.52 bits per heavy atom. The van der Waals surface area contributed by atoms with E-state index in [1.165, 1.54) is 12.4 Å². The Bertz CT molecular complexity index is 1090. The van der Waals surface area contributed by atoms with Gasteiger partial charge in [-0.15, -0.1) is 0 Å². The summed E-state index contributed by atoms with van der Waals surface area (Å²) in [6.07, 6.45) is 2.73. The number of nitrogens with zero attached hydrogens (tertiary/aromatic N) is 2. The normalized spacial score (nSPS) is 18.0. The highest BCUT2D eigenvalue weighted by atomic mass is 16.3. The highest BCUT2D eigenvalue weighted by Crippen LogP contribution is 2.43. The van der Waals surface area contributed by atoms with Gasteiger partial charge in [-0.25, -0.2) is 0 Å². The molecule has 0 saturated heterocycles. The number of pyridine rings is 1. The van der Waals surface area contributed by atoms with Gasteiger partial charge in [-0.3, -0.25) is 14.6 Å². The number of aliphatic hydroxyl groups is 1. The Balaban J connectivity index is 1.69. The second kappa shape index (κ2) is 7.26. The smallest absolute Gasteiger partial charge is 0.264 e. The van der Waals surface area contributed by atoms with Gasteiger partial charge in [-0.1, -0.05) is 42.0 Å². The summed E-state index contributed by atoms with van der Waals surface area (Å²) in [6.45, 7) is 4.37. The molecule has 3 aromatic rings. The number of ketones is 1. The molecule has 1 aliphatic rings. The second-order valence-corrected chi connectivity index (χ2v) is 7.53. The van der Waals surface area contributed by atoms with Crippen molar-refractivity contribution in [2.24, 2.45) is 0 Å². The third kappa shape index (κ3) is 3.34. The fourth-order valence-corrected chi connectivity index (χ4v) is 3.90. The Morgan fingerprint density at radius 1 is 1.07 bits per heavy atom. The summed E-state index contributed by atoms with van der Waals surface area (Å²) in [5.74, 6) is -0.771. The number of carbonyl (C=O) groups is 2. The average Bonchev–Trinajstić information content (AvgIpc) is 2.92. The number of hydrogen-bond donors (Lipinski definition) is 1. The van der Waals surface area contributed by atoms with Gasteiger partial charge in [0.05, 0.1) is 18.7 Å². The van der Waals surface area contributed by atoms with E-state index in [2.05, 4.69) is 11.1 Å². The maximum Gasteiger partial charge on any atom is 0.264 e. The van der Waals surface area contributed by atoms with Gasteiger partial charge in [0.2, 0.25) is 0 Å². The number of para-hydroxylation sites is 1. The molecule has 1 amide bonds. The van der Waals surface area contributed by atoms with Crippen LogP contribution in [0.1, 0.15) is 39.0 Å². The summed E-state index contributed by atoms with van der Waals surface area (Å²) in [5.41, 5.74) is 2.89. The zero-order valence-electron chi connectivity index (χ0n) is 16.4. The van der Waals surface area contributed by atoms with Crippen LogP contribution in [0.15, 0.2) is 67.0 Å². The van der Waals surface area contributed by atoms with Gasteiger partial charge >= 0.3 is 0 Å². The lowest BCUT2D eigenvalue weighted by Crippen LogP contribution is -2.41. The summed E-state index contributed by atoms with van der Waals surface area (Å²) in [7, 11) is 0. The number of benzene rings is 2. The van der Waals surface area contributed by atoms with E-state index >= 15 is 0 Å². The number of aryl methyl sites for hydroxylation is 2. The van der Waals surface area contributed by atoms with Crippen molar-refractivity contribution in [3.8, 4) is 0 Å². The Labute approximate surface area is 169 Å². The van der Waals surface area contributed by atoms with Gasteiger partial charge in [0, 0.05) is 23.5 Å². The van der Waals surface area contributed by atoms with Crippen molar-refractivity contribution in [1.29, 1.82) is 0 Å². The highest BCUT2D eigenvalue weighted by Gasteiger charge is 2.50. The van der Waals surface area contributed by atoms with Crippen LogP contribution < -0.4 is 4.90 Å². The molecule has 29 heavy (non-hydrogen) atoms. The fourth-order valence-electron chi connectivity index (χ4n) is 3.90. The molecule has 146 valence electrons. The van der Waals surface area contributed by atoms with E-state index in [1.807, 2.05) is 38.1 Å². The monoisotopic (exact) mass is 386 g/mol. The fraction of sp³-hybridized carbons (Fsp3) is 0.208. The van der Waals surface area contributed by atoms with E-state index in [-0.39, 0.29) is 12.2 Å². The molecule has 2 heterocycles. The van der Waals surface area contributed by atoms with Crippen molar-refractivity contribution in [3.63, 3.8) is 0 Å². The van der Waals surface area contributed by atoms with Crippen LogP contribution in [0, 0.1) is 13.8 Å². The van der Waals surface area contributed by atoms with Crippen molar-refractivity contribution in [3.05, 3.63) is 94.8 Å². The Hall–Kier alpha value is -3.31. The van der Waals surface area contributed by atoms with Crippen LogP contribution in [0.5, 0.6) is 0 Å². The molecule has 1 aliphatic heterocycles. The van der Waals surface area contributed by atoms with Crippen LogP contribution in [0.25, 0.3) is 0 Å². The molecule has 5 heteroatoms. The van der Waals surface area contributed by atoms with Crippen LogP contribution in [-0.2, 0) is 16.9 Å². The second-order valence-electron chi connectivity index (χ2n) is 7.53. The van der Waals surface area contributed by atoms with Crippen LogP contribution in [0.2, 0.25) is 0 Å². The number of anilines is 1. The van der Waals surface area contributed by atoms with Gasteiger partial charge < -0.3 is 10.0 Å². The number of carbonyl (C=O) groups excluding carboxylic acids is 2. The van der Waals surface area contributed by atoms with Gasteiger partial charge in [-0.2, -0.15) is 0 Å². The molecule has 4 rings (SSSR count). The molecule has 5 nitrogen and oxygen atoms in total. The standard InChI is InChI=1S/C24H22N2O3/c1-16-7-8-19(17(2)13-16)15-26-21-6-4-3-5-20(21)24(29,23(26)28)14-22(27)18-9-11-25-12-10-18/h3-13,29H,14-15H2,1-2H3/t24-/m0/s1. The summed E-state index contributed by atoms with van der Waals surface area (Å²) in [4.78, 5) is 31.6. The molecule has 1 N–H and O–H groups in total. The van der Waals surface area contributed by atoms with E-state index < -0.39 is 11.5 Å². The predicted octanol–water partition coefficient (Wildman–Crippen LogP) is 3.71. The lowest BCUT2D eigenvalue weighted by molar-refractivity contribution is -0.136. The molecule has 2 aromatic carbocycles. The topological polar surface area (TPSA) is 70.5 Å². The third-order valence-corrected chi connectivity index (χ3v) is 5.48. The minimum Gasteiger partial charge on any atom is -0.375 e. The zero-order valence-corrected chi connectivity index (χ0v) is 16.4. The molecule has 0 spiro atoms. The molecule has 0 aliphatic carbocycles. The van der Waals surface area contributed by atoms with E-state index in [1.54, 1.807) is 29.2 Å². The van der Waals surface area contributed by atoms with Crippen LogP contribution in [0.4, 0.5) is 5.69 Å². The number of amides is 1. The summed E-state index contributed by atoms with van der Waals surface area (Å²) in [5, 5.41) is 11.4. The van der Waals surface area contributed by atoms with Crippen molar-refractivity contribution in [1.82, 2.24) is 4.98 Å². The third-order valence-electron chi connectivity index (χ3n) is 5.48. The van der Waals surface area contributed by atoms with Crippen molar-refractivity contribution in [2.45, 2.75) is 32.4 Å². The minimum absolute atomic E-state index is 0.300. The quantitative estimate of drug-likeness (QED) is 0.679. The van der Waals surface area contributed by atoms with Crippen LogP contribution in [-0.4, -0.2) is 21.8 Å². The van der Waals surface area contributed by atoms with Gasteiger partial charge in [0.15, 0.2) is 11.4 Å². The Kier molecular flexibility index (Phi) is 4.76. The molecular weight excluding hydrogens is 364 g/mol. The first-order valence-corrected chi connectivity index (χ1v) is 9.53. The maximum absolute atomic E-state index is 13.3. The van der Waals surface area contributed by atoms with E-state index in [0.717, 1.165) is 16.7 Å². The summed E-state index contributed by atoms with van der Waals surface area (Å²) >= 11 is 0. The maximum atomic E-state index is 13.3. The average molecular weight is 386 g/mol. The number of hydrogen-bond acceptors (Lipinski definition) is 4. The number of Topliss-reactive ketones (excluding diaryl/α,β-unsaturated/α-hetero) is 1. The molecule has 0 bridgehead atoms. The Morgan fingerprint density at radius 2 is 1.79 bits per heavy atom. The first kappa shape index (κ1) is 19.0. The summed E-state index contributed by atoms with van der Waals surface area (Å²) < 4.78 is 0. The van der Waals surface area contributed by atoms with Crippen LogP contribution in [0.3, 0.4) is 0 Å². The number of aromatic nitrogens is 1. The van der Waals surface area contributed by atoms with E-state index in [9.17, 15) is 14.7 Å². The van der Waals surface area contributed by atoms with Crippen molar-refractivity contribution < 1.29 is 14.7 Å². The molecule has 0 radical (unpaired) electrons. The largest absolute Gasteiger partial charge is 0.375 e. The molecular formula is C24H22N2O3. The minimum atomic E-state index is -1.88. The van der Waals surface area contributed by atoms with Crippen molar-refractivity contribution in [2.75, 3.05) is 4.90 Å². The van der Waals surface area contributed by atoms with Gasteiger partial charge in [-0.05, 0) is 43.2 Å². The predicted molar refractivity (Wildman–Crippen MR) is 111 cm³/mol. The van der Waals surface area contributed by atoms with E-state index in [0.29, 0.717) is 23.4 Å². The molecule has 0 unspecified atom stereocenters. The molecule has 1 atom stereocenters. The first-order valence-electron chi connectivity index (χ1n) is 9.53. The van der Waals surface area contributed by atoms with Gasteiger partial charge in [0.25, 0.3) is 5.91 Å². The zero-order chi connectivity index (χ0) is 20.6. The summed E-state index contributed by atoms with van der Waals surface area (Å²) in [6, 6.07) is 16.4. The lowest BCUT2D eigenvalue weighted by atomic mass is 9.88. The van der Waals surface area contributed by atoms with E-state index in [4.69, 9.17) is 0 Å². The molecule has 0 fully saturated rings. The molecule has 1 aromatic heterocycles. The number of fused-ring (bicyclic) bond motifs is 1. The SMILES string of the molecule is Cc1ccc(CN2C(=O)[C@](O)(CC(=O)c3ccncc3)c3ccccc32)c(C)c1. The lowest BCUT2D eigenvalue weighted by Gasteiger charge is -2.23.